The van der Waals surface area contributed by atoms with E-state index in [1.54, 1.807) is 30.3 Å². The molecule has 0 aliphatic rings. The zero-order valence-corrected chi connectivity index (χ0v) is 21.0. The average molecular weight is 521 g/mol. The first-order valence-corrected chi connectivity index (χ1v) is 11.9. The van der Waals surface area contributed by atoms with Crippen LogP contribution < -0.4 is 4.74 Å². The van der Waals surface area contributed by atoms with Crippen LogP contribution in [0.15, 0.2) is 66.7 Å². The van der Waals surface area contributed by atoms with Crippen molar-refractivity contribution in [1.82, 2.24) is 9.55 Å². The van der Waals surface area contributed by atoms with Gasteiger partial charge >= 0.3 is 5.97 Å². The van der Waals surface area contributed by atoms with Gasteiger partial charge in [0.15, 0.2) is 5.78 Å². The molecule has 0 saturated heterocycles. The molecule has 1 atom stereocenters. The van der Waals surface area contributed by atoms with Crippen LogP contribution in [0.3, 0.4) is 0 Å². The summed E-state index contributed by atoms with van der Waals surface area (Å²) >= 11 is 5.93. The normalized spacial score (nSPS) is 12.2. The Bertz CT molecular complexity index is 1490. The van der Waals surface area contributed by atoms with Gasteiger partial charge in [-0.2, -0.15) is 0 Å². The second-order valence-corrected chi connectivity index (χ2v) is 8.59. The zero-order chi connectivity index (χ0) is 26.5. The number of halogens is 1. The fraction of sp³-hybridized carbons (Fsp3) is 0.179. The van der Waals surface area contributed by atoms with E-state index in [-0.39, 0.29) is 23.4 Å². The third-order valence-electron chi connectivity index (χ3n) is 5.66. The van der Waals surface area contributed by atoms with Crippen LogP contribution in [0, 0.1) is 0 Å². The summed E-state index contributed by atoms with van der Waals surface area (Å²) in [4.78, 5) is 28.6. The summed E-state index contributed by atoms with van der Waals surface area (Å²) in [5.41, 5.74) is 1.83. The van der Waals surface area contributed by atoms with Crippen LogP contribution in [0.2, 0.25) is 5.02 Å². The number of rotatable bonds is 10. The molecule has 0 aliphatic heterocycles. The number of carboxylic acids is 1. The Kier molecular flexibility index (Phi) is 7.91. The highest BCUT2D eigenvalue weighted by Gasteiger charge is 2.19. The Balaban J connectivity index is 1.52. The van der Waals surface area contributed by atoms with Crippen molar-refractivity contribution >= 4 is 40.5 Å². The van der Waals surface area contributed by atoms with E-state index in [0.29, 0.717) is 23.7 Å². The number of hydrogen-bond donors (Lipinski definition) is 2. The molecular weight excluding hydrogens is 496 g/mol. The predicted octanol–water partition coefficient (Wildman–Crippen LogP) is 6.12. The molecule has 0 radical (unpaired) electrons. The molecule has 0 fully saturated rings. The summed E-state index contributed by atoms with van der Waals surface area (Å²) < 4.78 is 13.8. The Hall–Kier alpha value is -4.14. The van der Waals surface area contributed by atoms with Crippen molar-refractivity contribution in [1.29, 1.82) is 0 Å². The van der Waals surface area contributed by atoms with Gasteiger partial charge in [0.1, 0.15) is 35.7 Å². The van der Waals surface area contributed by atoms with Crippen LogP contribution in [0.5, 0.6) is 11.5 Å². The minimum absolute atomic E-state index is 0.0343. The lowest BCUT2D eigenvalue weighted by Gasteiger charge is -2.17. The Morgan fingerprint density at radius 3 is 2.62 bits per heavy atom. The van der Waals surface area contributed by atoms with E-state index in [2.05, 4.69) is 0 Å². The summed E-state index contributed by atoms with van der Waals surface area (Å²) in [7, 11) is 0. The standard InChI is InChI=1S/C28H25ClN2O6/c1-3-36-17(2)31-24-10-5-4-9-23(24)30-26(31)16-37-20-8-6-7-18(13-20)11-12-25(32)21-14-19(29)15-22(27(21)33)28(34)35/h4-15,17,33H,3,16H2,1-2H3,(H,34,35)/b12-11+. The molecule has 0 aliphatic carbocycles. The number of phenols is 1. The molecule has 2 N–H and O–H groups in total. The highest BCUT2D eigenvalue weighted by atomic mass is 35.5. The highest BCUT2D eigenvalue weighted by molar-refractivity contribution is 6.31. The monoisotopic (exact) mass is 520 g/mol. The number of aromatic hydroxyl groups is 1. The number of aromatic nitrogens is 2. The van der Waals surface area contributed by atoms with Crippen molar-refractivity contribution < 1.29 is 29.3 Å². The van der Waals surface area contributed by atoms with Gasteiger partial charge in [-0.15, -0.1) is 0 Å². The smallest absolute Gasteiger partial charge is 0.339 e. The van der Waals surface area contributed by atoms with Crippen LogP contribution in [0.25, 0.3) is 17.1 Å². The van der Waals surface area contributed by atoms with Crippen LogP contribution in [-0.2, 0) is 11.3 Å². The van der Waals surface area contributed by atoms with Crippen molar-refractivity contribution in [2.75, 3.05) is 6.61 Å². The number of benzene rings is 3. The SMILES string of the molecule is CCOC(C)n1c(COc2cccc(/C=C/C(=O)c3cc(Cl)cc(C(=O)O)c3O)c2)nc2ccccc21. The number of carboxylic acid groups (broad SMARTS) is 1. The third kappa shape index (κ3) is 5.82. The average Bonchev–Trinajstić information content (AvgIpc) is 3.26. The molecule has 3 aromatic carbocycles. The fourth-order valence-corrected chi connectivity index (χ4v) is 4.20. The van der Waals surface area contributed by atoms with E-state index in [1.807, 2.05) is 42.7 Å². The lowest BCUT2D eigenvalue weighted by atomic mass is 10.0. The number of ketones is 1. The second-order valence-electron chi connectivity index (χ2n) is 8.15. The molecule has 0 amide bonds. The summed E-state index contributed by atoms with van der Waals surface area (Å²) in [6, 6.07) is 17.2. The Morgan fingerprint density at radius 2 is 1.86 bits per heavy atom. The van der Waals surface area contributed by atoms with Gasteiger partial charge in [-0.1, -0.05) is 41.9 Å². The molecule has 1 heterocycles. The maximum absolute atomic E-state index is 12.6. The van der Waals surface area contributed by atoms with Gasteiger partial charge in [-0.25, -0.2) is 9.78 Å². The Morgan fingerprint density at radius 1 is 1.11 bits per heavy atom. The molecule has 4 rings (SSSR count). The maximum Gasteiger partial charge on any atom is 0.339 e. The van der Waals surface area contributed by atoms with Crippen LogP contribution in [0.4, 0.5) is 0 Å². The fourth-order valence-electron chi connectivity index (χ4n) is 3.99. The van der Waals surface area contributed by atoms with E-state index in [4.69, 9.17) is 26.1 Å². The second kappa shape index (κ2) is 11.3. The summed E-state index contributed by atoms with van der Waals surface area (Å²) in [5.74, 6) is -1.33. The lowest BCUT2D eigenvalue weighted by molar-refractivity contribution is 0.0238. The molecular formula is C28H25ClN2O6. The van der Waals surface area contributed by atoms with Gasteiger partial charge < -0.3 is 19.7 Å². The van der Waals surface area contributed by atoms with Crippen LogP contribution in [0.1, 0.15) is 52.2 Å². The summed E-state index contributed by atoms with van der Waals surface area (Å²) in [5, 5.41) is 19.4. The van der Waals surface area contributed by atoms with E-state index < -0.39 is 23.1 Å². The molecule has 1 unspecified atom stereocenters. The lowest BCUT2D eigenvalue weighted by Crippen LogP contribution is -2.14. The van der Waals surface area contributed by atoms with Crippen molar-refractivity contribution in [2.24, 2.45) is 0 Å². The summed E-state index contributed by atoms with van der Waals surface area (Å²) in [6.07, 6.45) is 2.56. The number of carbonyl (C=O) groups is 2. The maximum atomic E-state index is 12.6. The number of aromatic carboxylic acids is 1. The molecule has 190 valence electrons. The first kappa shape index (κ1) is 25.9. The van der Waals surface area contributed by atoms with Crippen molar-refractivity contribution in [3.05, 3.63) is 94.3 Å². The highest BCUT2D eigenvalue weighted by Crippen LogP contribution is 2.28. The number of fused-ring (bicyclic) bond motifs is 1. The number of nitrogens with zero attached hydrogens (tertiary/aromatic N) is 2. The molecule has 8 nitrogen and oxygen atoms in total. The van der Waals surface area contributed by atoms with Crippen molar-refractivity contribution in [3.63, 3.8) is 0 Å². The molecule has 37 heavy (non-hydrogen) atoms. The van der Waals surface area contributed by atoms with E-state index in [0.717, 1.165) is 17.1 Å². The molecule has 0 saturated carbocycles. The van der Waals surface area contributed by atoms with Crippen molar-refractivity contribution in [3.8, 4) is 11.5 Å². The number of imidazole rings is 1. The third-order valence-corrected chi connectivity index (χ3v) is 5.88. The summed E-state index contributed by atoms with van der Waals surface area (Å²) in [6.45, 7) is 4.66. The predicted molar refractivity (Wildman–Crippen MR) is 140 cm³/mol. The number of carbonyl (C=O) groups excluding carboxylic acids is 1. The first-order valence-electron chi connectivity index (χ1n) is 11.6. The van der Waals surface area contributed by atoms with Gasteiger partial charge in [-0.3, -0.25) is 9.36 Å². The molecule has 9 heteroatoms. The van der Waals surface area contributed by atoms with Gasteiger partial charge in [0.2, 0.25) is 0 Å². The van der Waals surface area contributed by atoms with E-state index in [9.17, 15) is 19.8 Å². The van der Waals surface area contributed by atoms with Crippen LogP contribution >= 0.6 is 11.6 Å². The van der Waals surface area contributed by atoms with E-state index >= 15 is 0 Å². The minimum Gasteiger partial charge on any atom is -0.506 e. The topological polar surface area (TPSA) is 111 Å². The number of hydrogen-bond acceptors (Lipinski definition) is 6. The molecule has 1 aromatic heterocycles. The quantitative estimate of drug-likeness (QED) is 0.191. The molecule has 0 bridgehead atoms. The minimum atomic E-state index is -1.38. The van der Waals surface area contributed by atoms with Crippen molar-refractivity contribution in [2.45, 2.75) is 26.7 Å². The van der Waals surface area contributed by atoms with Gasteiger partial charge in [0.05, 0.1) is 16.6 Å². The largest absolute Gasteiger partial charge is 0.506 e. The first-order chi connectivity index (χ1) is 17.8. The number of allylic oxidation sites excluding steroid dienone is 1. The Labute approximate surface area is 218 Å². The van der Waals surface area contributed by atoms with Crippen LogP contribution in [-0.4, -0.2) is 38.1 Å². The molecule has 4 aromatic rings. The molecule has 0 spiro atoms. The zero-order valence-electron chi connectivity index (χ0n) is 20.2. The van der Waals surface area contributed by atoms with Gasteiger partial charge in [-0.05, 0) is 61.9 Å². The van der Waals surface area contributed by atoms with Gasteiger partial charge in [0.25, 0.3) is 0 Å². The van der Waals surface area contributed by atoms with Gasteiger partial charge in [0, 0.05) is 11.6 Å². The number of ether oxygens (including phenoxy) is 2. The van der Waals surface area contributed by atoms with E-state index in [1.165, 1.54) is 12.1 Å². The number of para-hydroxylation sites is 2.